The molecule has 3 rings (SSSR count). The Labute approximate surface area is 169 Å². The molecule has 28 heavy (non-hydrogen) atoms. The number of aryl methyl sites for hydroxylation is 2. The third-order valence-electron chi connectivity index (χ3n) is 4.38. The van der Waals surface area contributed by atoms with E-state index < -0.39 is 0 Å². The van der Waals surface area contributed by atoms with Crippen LogP contribution in [-0.2, 0) is 11.2 Å². The highest BCUT2D eigenvalue weighted by molar-refractivity contribution is 6.30. The highest BCUT2D eigenvalue weighted by atomic mass is 35.5. The first-order valence-corrected chi connectivity index (χ1v) is 9.53. The van der Waals surface area contributed by atoms with E-state index in [1.54, 1.807) is 42.4 Å². The van der Waals surface area contributed by atoms with Crippen molar-refractivity contribution in [2.45, 2.75) is 19.8 Å². The molecular formula is C22H23ClN2O3. The van der Waals surface area contributed by atoms with Gasteiger partial charge in [0.15, 0.2) is 11.7 Å². The van der Waals surface area contributed by atoms with Crippen LogP contribution in [0.4, 0.5) is 0 Å². The molecule has 0 fully saturated rings. The van der Waals surface area contributed by atoms with E-state index in [0.29, 0.717) is 42.7 Å². The summed E-state index contributed by atoms with van der Waals surface area (Å²) in [4.78, 5) is 18.2. The highest BCUT2D eigenvalue weighted by Crippen LogP contribution is 2.21. The van der Waals surface area contributed by atoms with E-state index in [0.717, 1.165) is 11.3 Å². The maximum atomic E-state index is 12.3. The van der Waals surface area contributed by atoms with Crippen LogP contribution in [0.15, 0.2) is 59.1 Å². The number of hydrogen-bond donors (Lipinski definition) is 0. The molecule has 0 bridgehead atoms. The van der Waals surface area contributed by atoms with Crippen molar-refractivity contribution in [1.82, 2.24) is 9.88 Å². The average Bonchev–Trinajstić information content (AvgIpc) is 3.17. The van der Waals surface area contributed by atoms with Crippen molar-refractivity contribution in [2.24, 2.45) is 0 Å². The van der Waals surface area contributed by atoms with E-state index >= 15 is 0 Å². The highest BCUT2D eigenvalue weighted by Gasteiger charge is 2.12. The van der Waals surface area contributed by atoms with Gasteiger partial charge < -0.3 is 14.1 Å². The second kappa shape index (κ2) is 9.42. The van der Waals surface area contributed by atoms with E-state index in [4.69, 9.17) is 20.8 Å². The molecule has 5 nitrogen and oxygen atoms in total. The predicted molar refractivity (Wildman–Crippen MR) is 110 cm³/mol. The first kappa shape index (κ1) is 20.0. The maximum Gasteiger partial charge on any atom is 0.222 e. The zero-order valence-electron chi connectivity index (χ0n) is 16.0. The Hall–Kier alpha value is -2.79. The van der Waals surface area contributed by atoms with Crippen LogP contribution >= 0.6 is 11.6 Å². The maximum absolute atomic E-state index is 12.3. The van der Waals surface area contributed by atoms with Crippen LogP contribution in [0.1, 0.15) is 17.9 Å². The molecule has 6 heteroatoms. The van der Waals surface area contributed by atoms with Crippen molar-refractivity contribution < 1.29 is 13.9 Å². The summed E-state index contributed by atoms with van der Waals surface area (Å²) in [7, 11) is 1.76. The lowest BCUT2D eigenvalue weighted by Crippen LogP contribution is -2.31. The van der Waals surface area contributed by atoms with Crippen molar-refractivity contribution in [3.8, 4) is 17.1 Å². The summed E-state index contributed by atoms with van der Waals surface area (Å²) >= 11 is 5.84. The zero-order chi connectivity index (χ0) is 19.9. The van der Waals surface area contributed by atoms with E-state index in [1.165, 1.54) is 5.56 Å². The van der Waals surface area contributed by atoms with E-state index in [-0.39, 0.29) is 5.91 Å². The molecule has 0 atom stereocenters. The Morgan fingerprint density at radius 1 is 1.14 bits per heavy atom. The number of carbonyl (C=O) groups excluding carboxylic acids is 1. The topological polar surface area (TPSA) is 55.6 Å². The van der Waals surface area contributed by atoms with Crippen molar-refractivity contribution >= 4 is 17.5 Å². The van der Waals surface area contributed by atoms with Gasteiger partial charge in [-0.05, 0) is 31.2 Å². The molecule has 146 valence electrons. The number of aromatic nitrogens is 1. The number of likely N-dealkylation sites (N-methyl/N-ethyl adjacent to an activating group) is 1. The molecule has 0 aliphatic rings. The lowest BCUT2D eigenvalue weighted by atomic mass is 10.1. The molecule has 1 heterocycles. The van der Waals surface area contributed by atoms with Gasteiger partial charge in [0.1, 0.15) is 12.4 Å². The minimum absolute atomic E-state index is 0.0230. The standard InChI is InChI=1S/C22H23ClN2O3/c1-16-3-5-17(6-4-16)20-15-24-21(28-20)11-12-22(26)25(2)13-14-27-19-9-7-18(23)8-10-19/h3-10,15H,11-14H2,1-2H3. The van der Waals surface area contributed by atoms with Gasteiger partial charge in [0.2, 0.25) is 5.91 Å². The number of oxazole rings is 1. The van der Waals surface area contributed by atoms with Gasteiger partial charge in [0.25, 0.3) is 0 Å². The molecule has 0 spiro atoms. The van der Waals surface area contributed by atoms with Gasteiger partial charge in [-0.25, -0.2) is 4.98 Å². The molecule has 0 aliphatic heterocycles. The predicted octanol–water partition coefficient (Wildman–Crippen LogP) is 4.77. The van der Waals surface area contributed by atoms with Crippen LogP contribution in [0.2, 0.25) is 5.02 Å². The Bertz CT molecular complexity index is 904. The Balaban J connectivity index is 1.43. The number of rotatable bonds is 8. The van der Waals surface area contributed by atoms with Crippen LogP contribution in [-0.4, -0.2) is 36.0 Å². The lowest BCUT2D eigenvalue weighted by molar-refractivity contribution is -0.130. The monoisotopic (exact) mass is 398 g/mol. The number of benzene rings is 2. The summed E-state index contributed by atoms with van der Waals surface area (Å²) in [5, 5.41) is 0.664. The smallest absolute Gasteiger partial charge is 0.222 e. The normalized spacial score (nSPS) is 10.7. The molecule has 0 saturated carbocycles. The van der Waals surface area contributed by atoms with Gasteiger partial charge in [-0.2, -0.15) is 0 Å². The van der Waals surface area contributed by atoms with E-state index in [9.17, 15) is 4.79 Å². The van der Waals surface area contributed by atoms with Crippen LogP contribution in [0.5, 0.6) is 5.75 Å². The van der Waals surface area contributed by atoms with Crippen molar-refractivity contribution in [2.75, 3.05) is 20.2 Å². The van der Waals surface area contributed by atoms with Gasteiger partial charge in [-0.3, -0.25) is 4.79 Å². The first-order valence-electron chi connectivity index (χ1n) is 9.15. The molecule has 0 saturated heterocycles. The van der Waals surface area contributed by atoms with Gasteiger partial charge in [0, 0.05) is 30.5 Å². The van der Waals surface area contributed by atoms with Gasteiger partial charge >= 0.3 is 0 Å². The largest absolute Gasteiger partial charge is 0.492 e. The zero-order valence-corrected chi connectivity index (χ0v) is 16.8. The summed E-state index contributed by atoms with van der Waals surface area (Å²) in [6, 6.07) is 15.2. The third kappa shape index (κ3) is 5.60. The quantitative estimate of drug-likeness (QED) is 0.548. The van der Waals surface area contributed by atoms with Crippen molar-refractivity contribution in [1.29, 1.82) is 0 Å². The number of amides is 1. The second-order valence-electron chi connectivity index (χ2n) is 6.60. The molecular weight excluding hydrogens is 376 g/mol. The van der Waals surface area contributed by atoms with Crippen LogP contribution < -0.4 is 4.74 Å². The minimum atomic E-state index is 0.0230. The summed E-state index contributed by atoms with van der Waals surface area (Å²) in [5.41, 5.74) is 2.17. The number of hydrogen-bond acceptors (Lipinski definition) is 4. The Morgan fingerprint density at radius 2 is 1.86 bits per heavy atom. The number of ether oxygens (including phenoxy) is 1. The van der Waals surface area contributed by atoms with Crippen LogP contribution in [0, 0.1) is 6.92 Å². The lowest BCUT2D eigenvalue weighted by Gasteiger charge is -2.17. The molecule has 0 aliphatic carbocycles. The fraction of sp³-hybridized carbons (Fsp3) is 0.273. The molecule has 0 unspecified atom stereocenters. The molecule has 0 N–H and O–H groups in total. The Kier molecular flexibility index (Phi) is 6.71. The molecule has 1 aromatic heterocycles. The molecule has 1 amide bonds. The molecule has 0 radical (unpaired) electrons. The Morgan fingerprint density at radius 3 is 2.57 bits per heavy atom. The van der Waals surface area contributed by atoms with E-state index in [1.807, 2.05) is 31.2 Å². The van der Waals surface area contributed by atoms with Gasteiger partial charge in [-0.1, -0.05) is 41.4 Å². The molecule has 3 aromatic rings. The van der Waals surface area contributed by atoms with Gasteiger partial charge in [0.05, 0.1) is 12.7 Å². The SMILES string of the molecule is Cc1ccc(-c2cnc(CCC(=O)N(C)CCOc3ccc(Cl)cc3)o2)cc1. The summed E-state index contributed by atoms with van der Waals surface area (Å²) in [6.45, 7) is 2.96. The summed E-state index contributed by atoms with van der Waals surface area (Å²) in [5.74, 6) is 2.03. The fourth-order valence-electron chi connectivity index (χ4n) is 2.64. The van der Waals surface area contributed by atoms with E-state index in [2.05, 4.69) is 4.98 Å². The first-order chi connectivity index (χ1) is 13.5. The van der Waals surface area contributed by atoms with Crippen LogP contribution in [0.25, 0.3) is 11.3 Å². The third-order valence-corrected chi connectivity index (χ3v) is 4.63. The number of halogens is 1. The summed E-state index contributed by atoms with van der Waals surface area (Å²) < 4.78 is 11.4. The molecule has 2 aromatic carbocycles. The van der Waals surface area contributed by atoms with Crippen molar-refractivity contribution in [3.63, 3.8) is 0 Å². The van der Waals surface area contributed by atoms with Crippen molar-refractivity contribution in [3.05, 3.63) is 71.2 Å². The summed E-state index contributed by atoms with van der Waals surface area (Å²) in [6.07, 6.45) is 2.51. The second-order valence-corrected chi connectivity index (χ2v) is 7.04. The minimum Gasteiger partial charge on any atom is -0.492 e. The number of nitrogens with zero attached hydrogens (tertiary/aromatic N) is 2. The average molecular weight is 399 g/mol. The van der Waals surface area contributed by atoms with Gasteiger partial charge in [-0.15, -0.1) is 0 Å². The fourth-order valence-corrected chi connectivity index (χ4v) is 2.76. The van der Waals surface area contributed by atoms with Crippen LogP contribution in [0.3, 0.4) is 0 Å². The number of carbonyl (C=O) groups is 1.